The largest absolute Gasteiger partial charge is 0.325 e. The summed E-state index contributed by atoms with van der Waals surface area (Å²) in [4.78, 5) is 12.8. The summed E-state index contributed by atoms with van der Waals surface area (Å²) in [5.74, 6) is -1.22. The van der Waals surface area contributed by atoms with Crippen molar-refractivity contribution in [2.24, 2.45) is 0 Å². The molecule has 24 heavy (non-hydrogen) atoms. The summed E-state index contributed by atoms with van der Waals surface area (Å²) in [7, 11) is 0. The number of nitrogens with one attached hydrogen (secondary N) is 1. The SMILES string of the molecule is Cc1cccc(C(C)C)c1NC(=O)[C@@H](C)Sc1ccc(F)cc1F. The molecule has 0 bridgehead atoms. The van der Waals surface area contributed by atoms with Gasteiger partial charge in [0, 0.05) is 16.6 Å². The minimum absolute atomic E-state index is 0.208. The molecule has 128 valence electrons. The van der Waals surface area contributed by atoms with Crippen LogP contribution in [0.15, 0.2) is 41.3 Å². The molecule has 0 saturated heterocycles. The molecule has 0 aliphatic rings. The van der Waals surface area contributed by atoms with Crippen LogP contribution in [0.2, 0.25) is 0 Å². The van der Waals surface area contributed by atoms with Crippen molar-refractivity contribution in [1.82, 2.24) is 0 Å². The third-order valence-electron chi connectivity index (χ3n) is 3.74. The van der Waals surface area contributed by atoms with Crippen molar-refractivity contribution >= 4 is 23.4 Å². The monoisotopic (exact) mass is 349 g/mol. The first-order valence-electron chi connectivity index (χ1n) is 7.81. The standard InChI is InChI=1S/C19H21F2NOS/c1-11(2)15-7-5-6-12(3)18(15)22-19(23)13(4)24-17-9-8-14(20)10-16(17)21/h5-11,13H,1-4H3,(H,22,23)/t13-/m1/s1. The van der Waals surface area contributed by atoms with E-state index in [-0.39, 0.29) is 16.7 Å². The maximum Gasteiger partial charge on any atom is 0.237 e. The number of rotatable bonds is 5. The number of benzene rings is 2. The Balaban J connectivity index is 2.15. The fourth-order valence-electron chi connectivity index (χ4n) is 2.38. The number of aryl methyl sites for hydroxylation is 1. The van der Waals surface area contributed by atoms with Crippen molar-refractivity contribution in [3.63, 3.8) is 0 Å². The summed E-state index contributed by atoms with van der Waals surface area (Å²) in [6, 6.07) is 9.27. The molecule has 0 spiro atoms. The third kappa shape index (κ3) is 4.35. The maximum atomic E-state index is 13.7. The van der Waals surface area contributed by atoms with E-state index in [2.05, 4.69) is 19.2 Å². The van der Waals surface area contributed by atoms with Crippen molar-refractivity contribution in [1.29, 1.82) is 0 Å². The van der Waals surface area contributed by atoms with E-state index in [0.29, 0.717) is 0 Å². The van der Waals surface area contributed by atoms with Gasteiger partial charge in [-0.3, -0.25) is 4.79 Å². The van der Waals surface area contributed by atoms with Gasteiger partial charge in [-0.15, -0.1) is 11.8 Å². The highest BCUT2D eigenvalue weighted by Crippen LogP contribution is 2.30. The molecule has 0 fully saturated rings. The van der Waals surface area contributed by atoms with E-state index in [0.717, 1.165) is 34.6 Å². The summed E-state index contributed by atoms with van der Waals surface area (Å²) in [5, 5.41) is 2.45. The van der Waals surface area contributed by atoms with Crippen molar-refractivity contribution in [2.45, 2.75) is 43.8 Å². The molecule has 0 radical (unpaired) electrons. The molecule has 0 aliphatic heterocycles. The highest BCUT2D eigenvalue weighted by atomic mass is 32.2. The molecule has 1 atom stereocenters. The molecular formula is C19H21F2NOS. The minimum atomic E-state index is -0.654. The number of amides is 1. The zero-order valence-corrected chi connectivity index (χ0v) is 15.0. The van der Waals surface area contributed by atoms with Crippen molar-refractivity contribution in [2.75, 3.05) is 5.32 Å². The summed E-state index contributed by atoms with van der Waals surface area (Å²) < 4.78 is 26.7. The van der Waals surface area contributed by atoms with Crippen molar-refractivity contribution in [3.05, 3.63) is 59.2 Å². The Morgan fingerprint density at radius 3 is 2.46 bits per heavy atom. The molecular weight excluding hydrogens is 328 g/mol. The van der Waals surface area contributed by atoms with E-state index in [1.54, 1.807) is 6.92 Å². The van der Waals surface area contributed by atoms with Gasteiger partial charge in [0.1, 0.15) is 11.6 Å². The van der Waals surface area contributed by atoms with Crippen LogP contribution < -0.4 is 5.32 Å². The number of thioether (sulfide) groups is 1. The van der Waals surface area contributed by atoms with Gasteiger partial charge in [0.2, 0.25) is 5.91 Å². The Hall–Kier alpha value is -1.88. The number of hydrogen-bond acceptors (Lipinski definition) is 2. The number of anilines is 1. The lowest BCUT2D eigenvalue weighted by Gasteiger charge is -2.18. The maximum absolute atomic E-state index is 13.7. The van der Waals surface area contributed by atoms with Crippen LogP contribution in [0.3, 0.4) is 0 Å². The fourth-order valence-corrected chi connectivity index (χ4v) is 3.25. The van der Waals surface area contributed by atoms with E-state index in [1.165, 1.54) is 12.1 Å². The average Bonchev–Trinajstić information content (AvgIpc) is 2.51. The second kappa shape index (κ2) is 7.79. The highest BCUT2D eigenvalue weighted by Gasteiger charge is 2.19. The van der Waals surface area contributed by atoms with Gasteiger partial charge >= 0.3 is 0 Å². The summed E-state index contributed by atoms with van der Waals surface area (Å²) in [6.45, 7) is 7.78. The predicted molar refractivity (Wildman–Crippen MR) is 95.6 cm³/mol. The van der Waals surface area contributed by atoms with Gasteiger partial charge in [-0.05, 0) is 43.0 Å². The molecule has 0 heterocycles. The second-order valence-corrected chi connectivity index (χ2v) is 7.40. The van der Waals surface area contributed by atoms with Crippen LogP contribution in [0, 0.1) is 18.6 Å². The summed E-state index contributed by atoms with van der Waals surface area (Å²) in [5.41, 5.74) is 2.86. The first-order valence-corrected chi connectivity index (χ1v) is 8.69. The lowest BCUT2D eigenvalue weighted by Crippen LogP contribution is -2.24. The van der Waals surface area contributed by atoms with E-state index in [1.807, 2.05) is 25.1 Å². The normalized spacial score (nSPS) is 12.3. The number of carbonyl (C=O) groups is 1. The number of hydrogen-bond donors (Lipinski definition) is 1. The second-order valence-electron chi connectivity index (χ2n) is 6.02. The third-order valence-corrected chi connectivity index (χ3v) is 4.89. The zero-order chi connectivity index (χ0) is 17.9. The molecule has 2 nitrogen and oxygen atoms in total. The molecule has 2 aromatic rings. The first kappa shape index (κ1) is 18.5. The van der Waals surface area contributed by atoms with Gasteiger partial charge in [-0.1, -0.05) is 32.0 Å². The van der Waals surface area contributed by atoms with Crippen molar-refractivity contribution < 1.29 is 13.6 Å². The smallest absolute Gasteiger partial charge is 0.237 e. The minimum Gasteiger partial charge on any atom is -0.325 e. The number of carbonyl (C=O) groups excluding carboxylic acids is 1. The van der Waals surface area contributed by atoms with Gasteiger partial charge in [-0.25, -0.2) is 8.78 Å². The van der Waals surface area contributed by atoms with Gasteiger partial charge in [0.25, 0.3) is 0 Å². The zero-order valence-electron chi connectivity index (χ0n) is 14.2. The Labute approximate surface area is 145 Å². The van der Waals surface area contributed by atoms with Crippen LogP contribution in [0.5, 0.6) is 0 Å². The Morgan fingerprint density at radius 1 is 1.12 bits per heavy atom. The molecule has 2 rings (SSSR count). The van der Waals surface area contributed by atoms with Crippen LogP contribution in [0.1, 0.15) is 37.8 Å². The number of para-hydroxylation sites is 1. The van der Waals surface area contributed by atoms with E-state index in [4.69, 9.17) is 0 Å². The summed E-state index contributed by atoms with van der Waals surface area (Å²) >= 11 is 1.07. The lowest BCUT2D eigenvalue weighted by molar-refractivity contribution is -0.115. The topological polar surface area (TPSA) is 29.1 Å². The lowest BCUT2D eigenvalue weighted by atomic mass is 9.98. The van der Waals surface area contributed by atoms with Gasteiger partial charge in [-0.2, -0.15) is 0 Å². The van der Waals surface area contributed by atoms with Crippen LogP contribution in [-0.2, 0) is 4.79 Å². The van der Waals surface area contributed by atoms with Crippen LogP contribution in [0.4, 0.5) is 14.5 Å². The van der Waals surface area contributed by atoms with Crippen LogP contribution >= 0.6 is 11.8 Å². The van der Waals surface area contributed by atoms with Crippen LogP contribution in [-0.4, -0.2) is 11.2 Å². The van der Waals surface area contributed by atoms with Crippen molar-refractivity contribution in [3.8, 4) is 0 Å². The van der Waals surface area contributed by atoms with E-state index >= 15 is 0 Å². The Morgan fingerprint density at radius 2 is 1.83 bits per heavy atom. The molecule has 0 saturated carbocycles. The molecule has 1 N–H and O–H groups in total. The van der Waals surface area contributed by atoms with Gasteiger partial charge < -0.3 is 5.32 Å². The molecule has 1 amide bonds. The molecule has 2 aromatic carbocycles. The molecule has 0 aromatic heterocycles. The molecule has 5 heteroatoms. The van der Waals surface area contributed by atoms with Gasteiger partial charge in [0.05, 0.1) is 5.25 Å². The summed E-state index contributed by atoms with van der Waals surface area (Å²) in [6.07, 6.45) is 0. The van der Waals surface area contributed by atoms with E-state index in [9.17, 15) is 13.6 Å². The molecule has 0 unspecified atom stereocenters. The number of halogens is 2. The Bertz CT molecular complexity index is 746. The first-order chi connectivity index (χ1) is 11.3. The van der Waals surface area contributed by atoms with Gasteiger partial charge in [0.15, 0.2) is 0 Å². The molecule has 0 aliphatic carbocycles. The van der Waals surface area contributed by atoms with E-state index < -0.39 is 16.9 Å². The highest BCUT2D eigenvalue weighted by molar-refractivity contribution is 8.00. The quantitative estimate of drug-likeness (QED) is 0.721. The predicted octanol–water partition coefficient (Wildman–Crippen LogP) is 5.52. The average molecular weight is 349 g/mol. The Kier molecular flexibility index (Phi) is 5.99. The van der Waals surface area contributed by atoms with Crippen LogP contribution in [0.25, 0.3) is 0 Å². The fraction of sp³-hybridized carbons (Fsp3) is 0.316.